The van der Waals surface area contributed by atoms with Crippen LogP contribution in [0.5, 0.6) is 5.75 Å². The SMILES string of the molecule is CCOc1cc(C)c(C(=O)CC)c(C)c1. The van der Waals surface area contributed by atoms with Crippen LogP contribution in [0.3, 0.4) is 0 Å². The first-order valence-corrected chi connectivity index (χ1v) is 5.37. The maximum absolute atomic E-state index is 11.7. The summed E-state index contributed by atoms with van der Waals surface area (Å²) < 4.78 is 5.42. The molecule has 0 saturated carbocycles. The molecule has 0 unspecified atom stereocenters. The van der Waals surface area contributed by atoms with Crippen molar-refractivity contribution in [2.75, 3.05) is 6.61 Å². The number of carbonyl (C=O) groups is 1. The van der Waals surface area contributed by atoms with Crippen LogP contribution >= 0.6 is 0 Å². The van der Waals surface area contributed by atoms with Crippen molar-refractivity contribution < 1.29 is 9.53 Å². The van der Waals surface area contributed by atoms with Crippen LogP contribution in [0.2, 0.25) is 0 Å². The third-order valence-corrected chi connectivity index (χ3v) is 2.42. The lowest BCUT2D eigenvalue weighted by Gasteiger charge is -2.11. The fourth-order valence-electron chi connectivity index (χ4n) is 1.79. The van der Waals surface area contributed by atoms with E-state index in [9.17, 15) is 4.79 Å². The van der Waals surface area contributed by atoms with E-state index in [2.05, 4.69) is 0 Å². The van der Waals surface area contributed by atoms with Gasteiger partial charge in [0.15, 0.2) is 5.78 Å². The third kappa shape index (κ3) is 2.58. The Hall–Kier alpha value is -1.31. The van der Waals surface area contributed by atoms with Crippen LogP contribution in [0.25, 0.3) is 0 Å². The molecule has 2 heteroatoms. The molecule has 82 valence electrons. The average Bonchev–Trinajstić information content (AvgIpc) is 2.16. The summed E-state index contributed by atoms with van der Waals surface area (Å²) in [7, 11) is 0. The van der Waals surface area contributed by atoms with E-state index in [0.717, 1.165) is 22.4 Å². The van der Waals surface area contributed by atoms with Crippen LogP contribution in [0.15, 0.2) is 12.1 Å². The largest absolute Gasteiger partial charge is 0.494 e. The summed E-state index contributed by atoms with van der Waals surface area (Å²) in [5.74, 6) is 1.05. The summed E-state index contributed by atoms with van der Waals surface area (Å²) in [5.41, 5.74) is 2.86. The van der Waals surface area contributed by atoms with E-state index in [0.29, 0.717) is 13.0 Å². The maximum atomic E-state index is 11.7. The third-order valence-electron chi connectivity index (χ3n) is 2.42. The number of carbonyl (C=O) groups excluding carboxylic acids is 1. The molecule has 0 heterocycles. The Balaban J connectivity index is 3.15. The molecule has 0 fully saturated rings. The molecule has 0 spiro atoms. The Morgan fingerprint density at radius 1 is 1.20 bits per heavy atom. The van der Waals surface area contributed by atoms with Gasteiger partial charge in [0, 0.05) is 12.0 Å². The van der Waals surface area contributed by atoms with Crippen LogP contribution in [-0.2, 0) is 0 Å². The minimum Gasteiger partial charge on any atom is -0.494 e. The summed E-state index contributed by atoms with van der Waals surface area (Å²) in [4.78, 5) is 11.7. The molecule has 0 bridgehead atoms. The van der Waals surface area contributed by atoms with Crippen molar-refractivity contribution in [1.82, 2.24) is 0 Å². The van der Waals surface area contributed by atoms with Crippen LogP contribution < -0.4 is 4.74 Å². The average molecular weight is 206 g/mol. The fraction of sp³-hybridized carbons (Fsp3) is 0.462. The highest BCUT2D eigenvalue weighted by Gasteiger charge is 2.11. The second kappa shape index (κ2) is 4.96. The van der Waals surface area contributed by atoms with Gasteiger partial charge in [0.1, 0.15) is 5.75 Å². The Labute approximate surface area is 91.3 Å². The fourth-order valence-corrected chi connectivity index (χ4v) is 1.79. The summed E-state index contributed by atoms with van der Waals surface area (Å²) >= 11 is 0. The van der Waals surface area contributed by atoms with Gasteiger partial charge in [-0.25, -0.2) is 0 Å². The van der Waals surface area contributed by atoms with Crippen molar-refractivity contribution in [1.29, 1.82) is 0 Å². The quantitative estimate of drug-likeness (QED) is 0.706. The first kappa shape index (κ1) is 11.8. The monoisotopic (exact) mass is 206 g/mol. The molecule has 1 aromatic carbocycles. The minimum absolute atomic E-state index is 0.202. The molecule has 0 aliphatic rings. The molecule has 0 aliphatic heterocycles. The zero-order valence-corrected chi connectivity index (χ0v) is 9.89. The molecule has 2 nitrogen and oxygen atoms in total. The maximum Gasteiger partial charge on any atom is 0.163 e. The molecule has 0 radical (unpaired) electrons. The van der Waals surface area contributed by atoms with Gasteiger partial charge in [-0.3, -0.25) is 4.79 Å². The van der Waals surface area contributed by atoms with E-state index >= 15 is 0 Å². The molecule has 0 atom stereocenters. The number of rotatable bonds is 4. The number of ketones is 1. The highest BCUT2D eigenvalue weighted by atomic mass is 16.5. The number of benzene rings is 1. The van der Waals surface area contributed by atoms with Gasteiger partial charge in [-0.15, -0.1) is 0 Å². The molecular formula is C13H18O2. The van der Waals surface area contributed by atoms with E-state index in [1.54, 1.807) is 0 Å². The van der Waals surface area contributed by atoms with Gasteiger partial charge in [0.25, 0.3) is 0 Å². The zero-order chi connectivity index (χ0) is 11.4. The van der Waals surface area contributed by atoms with E-state index < -0.39 is 0 Å². The molecule has 0 aliphatic carbocycles. The van der Waals surface area contributed by atoms with E-state index in [1.807, 2.05) is 39.8 Å². The van der Waals surface area contributed by atoms with Crippen molar-refractivity contribution in [3.8, 4) is 5.75 Å². The van der Waals surface area contributed by atoms with E-state index in [1.165, 1.54) is 0 Å². The number of Topliss-reactive ketones (excluding diaryl/α,β-unsaturated/α-hetero) is 1. The minimum atomic E-state index is 0.202. The molecule has 0 N–H and O–H groups in total. The van der Waals surface area contributed by atoms with Gasteiger partial charge >= 0.3 is 0 Å². The number of hydrogen-bond acceptors (Lipinski definition) is 2. The van der Waals surface area contributed by atoms with Crippen LogP contribution in [-0.4, -0.2) is 12.4 Å². The van der Waals surface area contributed by atoms with Crippen molar-refractivity contribution in [3.63, 3.8) is 0 Å². The first-order chi connectivity index (χ1) is 7.10. The normalized spacial score (nSPS) is 10.1. The lowest BCUT2D eigenvalue weighted by Crippen LogP contribution is -2.04. The topological polar surface area (TPSA) is 26.3 Å². The summed E-state index contributed by atoms with van der Waals surface area (Å²) in [5, 5.41) is 0. The van der Waals surface area contributed by atoms with Crippen LogP contribution in [0.1, 0.15) is 41.8 Å². The van der Waals surface area contributed by atoms with Gasteiger partial charge in [0.05, 0.1) is 6.61 Å². The Morgan fingerprint density at radius 2 is 1.73 bits per heavy atom. The van der Waals surface area contributed by atoms with Gasteiger partial charge in [-0.05, 0) is 44.0 Å². The second-order valence-electron chi connectivity index (χ2n) is 3.64. The molecule has 0 saturated heterocycles. The second-order valence-corrected chi connectivity index (χ2v) is 3.64. The molecule has 1 aromatic rings. The van der Waals surface area contributed by atoms with E-state index in [-0.39, 0.29) is 5.78 Å². The molecule has 0 amide bonds. The Kier molecular flexibility index (Phi) is 3.89. The smallest absolute Gasteiger partial charge is 0.163 e. The predicted molar refractivity (Wildman–Crippen MR) is 61.7 cm³/mol. The molecule has 15 heavy (non-hydrogen) atoms. The molecule has 1 rings (SSSR count). The number of hydrogen-bond donors (Lipinski definition) is 0. The van der Waals surface area contributed by atoms with Gasteiger partial charge in [-0.2, -0.15) is 0 Å². The van der Waals surface area contributed by atoms with Crippen LogP contribution in [0.4, 0.5) is 0 Å². The Bertz CT molecular complexity index is 344. The van der Waals surface area contributed by atoms with Crippen molar-refractivity contribution >= 4 is 5.78 Å². The number of ether oxygens (including phenoxy) is 1. The van der Waals surface area contributed by atoms with Crippen LogP contribution in [0, 0.1) is 13.8 Å². The van der Waals surface area contributed by atoms with Gasteiger partial charge in [-0.1, -0.05) is 6.92 Å². The molecule has 0 aromatic heterocycles. The Morgan fingerprint density at radius 3 is 2.13 bits per heavy atom. The summed E-state index contributed by atoms with van der Waals surface area (Å²) in [6.45, 7) is 8.41. The van der Waals surface area contributed by atoms with Gasteiger partial charge < -0.3 is 4.74 Å². The standard InChI is InChI=1S/C13H18O2/c1-5-12(14)13-9(3)7-11(15-6-2)8-10(13)4/h7-8H,5-6H2,1-4H3. The summed E-state index contributed by atoms with van der Waals surface area (Å²) in [6.07, 6.45) is 0.551. The van der Waals surface area contributed by atoms with Crippen molar-refractivity contribution in [2.45, 2.75) is 34.1 Å². The summed E-state index contributed by atoms with van der Waals surface area (Å²) in [6, 6.07) is 3.86. The highest BCUT2D eigenvalue weighted by Crippen LogP contribution is 2.23. The molecular weight excluding hydrogens is 188 g/mol. The predicted octanol–water partition coefficient (Wildman–Crippen LogP) is 3.29. The van der Waals surface area contributed by atoms with Crippen molar-refractivity contribution in [2.24, 2.45) is 0 Å². The zero-order valence-electron chi connectivity index (χ0n) is 9.89. The highest BCUT2D eigenvalue weighted by molar-refractivity contribution is 5.98. The first-order valence-electron chi connectivity index (χ1n) is 5.37. The lowest BCUT2D eigenvalue weighted by atomic mass is 9.97. The lowest BCUT2D eigenvalue weighted by molar-refractivity contribution is 0.0987. The van der Waals surface area contributed by atoms with E-state index in [4.69, 9.17) is 4.74 Å². The van der Waals surface area contributed by atoms with Crippen molar-refractivity contribution in [3.05, 3.63) is 28.8 Å². The number of aryl methyl sites for hydroxylation is 2. The van der Waals surface area contributed by atoms with Gasteiger partial charge in [0.2, 0.25) is 0 Å².